The van der Waals surface area contributed by atoms with E-state index in [9.17, 15) is 4.79 Å². The molecule has 1 aromatic carbocycles. The smallest absolute Gasteiger partial charge is 0.290 e. The van der Waals surface area contributed by atoms with E-state index in [1.165, 1.54) is 0 Å². The van der Waals surface area contributed by atoms with E-state index in [-0.39, 0.29) is 11.9 Å². The van der Waals surface area contributed by atoms with Gasteiger partial charge >= 0.3 is 0 Å². The zero-order chi connectivity index (χ0) is 20.8. The van der Waals surface area contributed by atoms with Crippen LogP contribution in [0.1, 0.15) is 50.7 Å². The molecule has 0 aliphatic carbocycles. The molecule has 0 bridgehead atoms. The molecule has 1 saturated heterocycles. The van der Waals surface area contributed by atoms with E-state index in [4.69, 9.17) is 9.72 Å². The Morgan fingerprint density at radius 3 is 2.83 bits per heavy atom. The number of carbonyl (C=O) groups excluding carboxylic acids is 1. The van der Waals surface area contributed by atoms with Crippen LogP contribution in [-0.2, 0) is 11.3 Å². The van der Waals surface area contributed by atoms with Crippen LogP contribution in [0.2, 0.25) is 0 Å². The average molecular weight is 401 g/mol. The number of imidazole rings is 1. The van der Waals surface area contributed by atoms with Gasteiger partial charge in [-0.25, -0.2) is 4.98 Å². The number of aromatic nitrogens is 2. The minimum Gasteiger partial charge on any atom is -0.385 e. The number of hydrogen-bond donors (Lipinski definition) is 1. The number of nitrogens with one attached hydrogen (secondary N) is 1. The minimum absolute atomic E-state index is 0.0579. The van der Waals surface area contributed by atoms with Crippen LogP contribution < -0.4 is 5.32 Å². The molecule has 1 aliphatic heterocycles. The second-order valence-corrected chi connectivity index (χ2v) is 8.78. The lowest BCUT2D eigenvalue weighted by Gasteiger charge is -2.38. The SMILES string of the molecule is COCCCCn1c(C(=O)N(CC(C)C)C2CNCC(C)C2)nc2ccccc21. The van der Waals surface area contributed by atoms with Crippen LogP contribution in [0.15, 0.2) is 24.3 Å². The third kappa shape index (κ3) is 5.37. The Morgan fingerprint density at radius 2 is 2.10 bits per heavy atom. The highest BCUT2D eigenvalue weighted by molar-refractivity contribution is 5.95. The summed E-state index contributed by atoms with van der Waals surface area (Å²) >= 11 is 0. The largest absolute Gasteiger partial charge is 0.385 e. The second kappa shape index (κ2) is 10.2. The van der Waals surface area contributed by atoms with E-state index < -0.39 is 0 Å². The highest BCUT2D eigenvalue weighted by atomic mass is 16.5. The van der Waals surface area contributed by atoms with Gasteiger partial charge in [-0.1, -0.05) is 32.9 Å². The molecule has 6 nitrogen and oxygen atoms in total. The fraction of sp³-hybridized carbons (Fsp3) is 0.652. The number of unbranched alkanes of at least 4 members (excludes halogenated alkanes) is 1. The van der Waals surface area contributed by atoms with Crippen molar-refractivity contribution in [3.05, 3.63) is 30.1 Å². The Hall–Kier alpha value is -1.92. The van der Waals surface area contributed by atoms with Crippen LogP contribution in [0.4, 0.5) is 0 Å². The van der Waals surface area contributed by atoms with Crippen molar-refractivity contribution >= 4 is 16.9 Å². The van der Waals surface area contributed by atoms with Gasteiger partial charge in [-0.05, 0) is 49.8 Å². The Bertz CT molecular complexity index is 801. The third-order valence-corrected chi connectivity index (χ3v) is 5.64. The number of fused-ring (bicyclic) bond motifs is 1. The van der Waals surface area contributed by atoms with Crippen molar-refractivity contribution in [1.29, 1.82) is 0 Å². The van der Waals surface area contributed by atoms with Crippen LogP contribution in [0, 0.1) is 11.8 Å². The first-order valence-corrected chi connectivity index (χ1v) is 11.0. The molecule has 1 aliphatic rings. The molecule has 3 rings (SSSR count). The van der Waals surface area contributed by atoms with Gasteiger partial charge in [0.15, 0.2) is 5.82 Å². The Balaban J connectivity index is 1.91. The Morgan fingerprint density at radius 1 is 1.31 bits per heavy atom. The lowest BCUT2D eigenvalue weighted by Crippen LogP contribution is -2.52. The van der Waals surface area contributed by atoms with Crippen LogP contribution in [0.25, 0.3) is 11.0 Å². The van der Waals surface area contributed by atoms with Crippen LogP contribution in [0.5, 0.6) is 0 Å². The number of hydrogen-bond acceptors (Lipinski definition) is 4. The second-order valence-electron chi connectivity index (χ2n) is 8.78. The summed E-state index contributed by atoms with van der Waals surface area (Å²) in [4.78, 5) is 20.6. The number of piperidine rings is 1. The van der Waals surface area contributed by atoms with Crippen molar-refractivity contribution in [2.45, 2.75) is 52.6 Å². The molecule has 2 aromatic rings. The zero-order valence-corrected chi connectivity index (χ0v) is 18.4. The first-order chi connectivity index (χ1) is 14.0. The van der Waals surface area contributed by atoms with E-state index in [0.29, 0.717) is 17.7 Å². The number of nitrogens with zero attached hydrogens (tertiary/aromatic N) is 3. The number of rotatable bonds is 9. The molecule has 0 spiro atoms. The predicted octanol–water partition coefficient (Wildman–Crippen LogP) is 3.56. The van der Waals surface area contributed by atoms with Gasteiger partial charge in [-0.2, -0.15) is 0 Å². The summed E-state index contributed by atoms with van der Waals surface area (Å²) < 4.78 is 7.30. The molecule has 2 heterocycles. The number of aryl methyl sites for hydroxylation is 1. The zero-order valence-electron chi connectivity index (χ0n) is 18.4. The number of methoxy groups -OCH3 is 1. The number of carbonyl (C=O) groups is 1. The molecule has 0 saturated carbocycles. The lowest BCUT2D eigenvalue weighted by atomic mass is 9.95. The summed E-state index contributed by atoms with van der Waals surface area (Å²) in [5, 5.41) is 3.50. The molecule has 2 unspecified atom stereocenters. The molecule has 1 aromatic heterocycles. The van der Waals surface area contributed by atoms with Crippen molar-refractivity contribution in [1.82, 2.24) is 19.8 Å². The van der Waals surface area contributed by atoms with Crippen molar-refractivity contribution in [2.24, 2.45) is 11.8 Å². The summed E-state index contributed by atoms with van der Waals surface area (Å²) in [5.74, 6) is 1.62. The maximum absolute atomic E-state index is 13.8. The summed E-state index contributed by atoms with van der Waals surface area (Å²) in [6.45, 7) is 10.8. The first kappa shape index (κ1) is 21.8. The highest BCUT2D eigenvalue weighted by Crippen LogP contribution is 2.23. The Kier molecular flexibility index (Phi) is 7.67. The van der Waals surface area contributed by atoms with Crippen molar-refractivity contribution in [2.75, 3.05) is 33.4 Å². The van der Waals surface area contributed by atoms with Crippen LogP contribution in [-0.4, -0.2) is 59.8 Å². The number of para-hydroxylation sites is 2. The van der Waals surface area contributed by atoms with Gasteiger partial charge in [0.1, 0.15) is 0 Å². The quantitative estimate of drug-likeness (QED) is 0.654. The topological polar surface area (TPSA) is 59.4 Å². The van der Waals surface area contributed by atoms with Gasteiger partial charge in [-0.3, -0.25) is 4.79 Å². The van der Waals surface area contributed by atoms with E-state index >= 15 is 0 Å². The molecule has 1 N–H and O–H groups in total. The summed E-state index contributed by atoms with van der Waals surface area (Å²) in [5.41, 5.74) is 1.93. The molecular formula is C23H36N4O2. The van der Waals surface area contributed by atoms with E-state index in [1.54, 1.807) is 7.11 Å². The van der Waals surface area contributed by atoms with Gasteiger partial charge in [0, 0.05) is 39.4 Å². The summed E-state index contributed by atoms with van der Waals surface area (Å²) in [6.07, 6.45) is 2.97. The van der Waals surface area contributed by atoms with E-state index in [1.807, 2.05) is 18.2 Å². The van der Waals surface area contributed by atoms with Crippen molar-refractivity contribution in [3.8, 4) is 0 Å². The van der Waals surface area contributed by atoms with Gasteiger partial charge in [-0.15, -0.1) is 0 Å². The fourth-order valence-electron chi connectivity index (χ4n) is 4.27. The maximum Gasteiger partial charge on any atom is 0.290 e. The number of benzene rings is 1. The molecule has 6 heteroatoms. The lowest BCUT2D eigenvalue weighted by molar-refractivity contribution is 0.0577. The Labute approximate surface area is 174 Å². The standard InChI is InChI=1S/C23H36N4O2/c1-17(2)16-27(19-13-18(3)14-24-15-19)23(28)22-25-20-9-5-6-10-21(20)26(22)11-7-8-12-29-4/h5-6,9-10,17-19,24H,7-8,11-16H2,1-4H3. The third-order valence-electron chi connectivity index (χ3n) is 5.64. The molecular weight excluding hydrogens is 364 g/mol. The minimum atomic E-state index is 0.0579. The van der Waals surface area contributed by atoms with E-state index in [0.717, 1.165) is 63.1 Å². The average Bonchev–Trinajstić information content (AvgIpc) is 3.07. The molecule has 1 fully saturated rings. The first-order valence-electron chi connectivity index (χ1n) is 11.0. The fourth-order valence-corrected chi connectivity index (χ4v) is 4.27. The van der Waals surface area contributed by atoms with Gasteiger partial charge < -0.3 is 19.5 Å². The summed E-state index contributed by atoms with van der Waals surface area (Å²) in [6, 6.07) is 8.27. The number of ether oxygens (including phenoxy) is 1. The van der Waals surface area contributed by atoms with Crippen molar-refractivity contribution in [3.63, 3.8) is 0 Å². The maximum atomic E-state index is 13.8. The molecule has 0 radical (unpaired) electrons. The van der Waals surface area contributed by atoms with E-state index in [2.05, 4.69) is 41.6 Å². The molecule has 2 atom stereocenters. The summed E-state index contributed by atoms with van der Waals surface area (Å²) in [7, 11) is 1.73. The number of amides is 1. The predicted molar refractivity (Wildman–Crippen MR) is 117 cm³/mol. The van der Waals surface area contributed by atoms with Gasteiger partial charge in [0.05, 0.1) is 11.0 Å². The van der Waals surface area contributed by atoms with Crippen molar-refractivity contribution < 1.29 is 9.53 Å². The molecule has 160 valence electrons. The molecule has 1 amide bonds. The van der Waals surface area contributed by atoms with Gasteiger partial charge in [0.25, 0.3) is 5.91 Å². The highest BCUT2D eigenvalue weighted by Gasteiger charge is 2.31. The van der Waals surface area contributed by atoms with Gasteiger partial charge in [0.2, 0.25) is 0 Å². The monoisotopic (exact) mass is 400 g/mol. The van der Waals surface area contributed by atoms with Crippen LogP contribution in [0.3, 0.4) is 0 Å². The van der Waals surface area contributed by atoms with Crippen LogP contribution >= 0.6 is 0 Å². The molecule has 29 heavy (non-hydrogen) atoms. The normalized spacial score (nSPS) is 19.8.